The summed E-state index contributed by atoms with van der Waals surface area (Å²) in [5.74, 6) is 1.03. The van der Waals surface area contributed by atoms with Crippen LogP contribution < -0.4 is 10.6 Å². The molecular weight excluding hydrogens is 326 g/mol. The number of hydrogen-bond donors (Lipinski definition) is 3. The summed E-state index contributed by atoms with van der Waals surface area (Å²) in [5.41, 5.74) is 3.81. The van der Waals surface area contributed by atoms with Crippen molar-refractivity contribution in [2.45, 2.75) is 39.2 Å². The Hall–Kier alpha value is -2.50. The first kappa shape index (κ1) is 18.3. The maximum absolute atomic E-state index is 11.8. The van der Waals surface area contributed by atoms with Gasteiger partial charge in [-0.25, -0.2) is 0 Å². The number of aromatic amines is 1. The topological polar surface area (TPSA) is 72.5 Å². The number of nitrogens with one attached hydrogen (secondary N) is 3. The summed E-state index contributed by atoms with van der Waals surface area (Å²) in [7, 11) is 1.79. The fourth-order valence-corrected chi connectivity index (χ4v) is 3.68. The minimum atomic E-state index is 0.229. The first-order chi connectivity index (χ1) is 12.6. The zero-order valence-electron chi connectivity index (χ0n) is 15.9. The zero-order valence-corrected chi connectivity index (χ0v) is 15.9. The molecule has 0 bridgehead atoms. The van der Waals surface area contributed by atoms with Gasteiger partial charge in [-0.05, 0) is 37.0 Å². The molecule has 0 aliphatic carbocycles. The van der Waals surface area contributed by atoms with Crippen molar-refractivity contribution < 1.29 is 4.79 Å². The van der Waals surface area contributed by atoms with Gasteiger partial charge in [0, 0.05) is 56.2 Å². The van der Waals surface area contributed by atoms with Crippen LogP contribution in [0, 0.1) is 6.92 Å². The van der Waals surface area contributed by atoms with E-state index in [1.807, 2.05) is 11.8 Å². The third-order valence-electron chi connectivity index (χ3n) is 5.09. The number of H-pyrrole nitrogens is 1. The molecule has 3 rings (SSSR count). The number of amides is 1. The molecule has 0 spiro atoms. The zero-order chi connectivity index (χ0) is 18.5. The molecule has 1 amide bonds. The number of benzene rings is 1. The van der Waals surface area contributed by atoms with Crippen LogP contribution in [-0.4, -0.2) is 54.5 Å². The second-order valence-electron chi connectivity index (χ2n) is 6.88. The number of aliphatic imine (C=N–C) groups is 1. The fraction of sp³-hybridized carbons (Fsp3) is 0.500. The molecule has 26 heavy (non-hydrogen) atoms. The van der Waals surface area contributed by atoms with Crippen LogP contribution in [0.2, 0.25) is 0 Å². The van der Waals surface area contributed by atoms with Crippen molar-refractivity contribution in [2.24, 2.45) is 4.99 Å². The number of carbonyl (C=O) groups is 1. The third-order valence-corrected chi connectivity index (χ3v) is 5.09. The largest absolute Gasteiger partial charge is 0.361 e. The lowest BCUT2D eigenvalue weighted by atomic mass is 10.1. The van der Waals surface area contributed by atoms with Crippen LogP contribution in [0.1, 0.15) is 30.9 Å². The average Bonchev–Trinajstić information content (AvgIpc) is 3.28. The second kappa shape index (κ2) is 8.25. The Kier molecular flexibility index (Phi) is 5.81. The summed E-state index contributed by atoms with van der Waals surface area (Å²) >= 11 is 0. The van der Waals surface area contributed by atoms with Gasteiger partial charge in [0.2, 0.25) is 5.91 Å². The van der Waals surface area contributed by atoms with Gasteiger partial charge in [0.1, 0.15) is 0 Å². The normalized spacial score (nSPS) is 17.7. The molecule has 1 aromatic carbocycles. The molecule has 6 heteroatoms. The van der Waals surface area contributed by atoms with Crippen molar-refractivity contribution in [1.29, 1.82) is 0 Å². The van der Waals surface area contributed by atoms with E-state index in [0.29, 0.717) is 6.42 Å². The van der Waals surface area contributed by atoms with Crippen molar-refractivity contribution in [2.75, 3.05) is 26.7 Å². The first-order valence-electron chi connectivity index (χ1n) is 9.43. The van der Waals surface area contributed by atoms with Crippen molar-refractivity contribution in [3.8, 4) is 0 Å². The van der Waals surface area contributed by atoms with Crippen LogP contribution in [-0.2, 0) is 11.2 Å². The van der Waals surface area contributed by atoms with Crippen molar-refractivity contribution in [3.63, 3.8) is 0 Å². The average molecular weight is 355 g/mol. The Morgan fingerprint density at radius 1 is 1.42 bits per heavy atom. The van der Waals surface area contributed by atoms with Gasteiger partial charge in [-0.1, -0.05) is 19.1 Å². The van der Waals surface area contributed by atoms with E-state index in [4.69, 9.17) is 0 Å². The van der Waals surface area contributed by atoms with E-state index in [2.05, 4.69) is 51.9 Å². The summed E-state index contributed by atoms with van der Waals surface area (Å²) in [6, 6.07) is 6.61. The minimum absolute atomic E-state index is 0.229. The van der Waals surface area contributed by atoms with E-state index < -0.39 is 0 Å². The second-order valence-corrected chi connectivity index (χ2v) is 6.88. The predicted octanol–water partition coefficient (Wildman–Crippen LogP) is 2.19. The highest BCUT2D eigenvalue weighted by molar-refractivity contribution is 5.86. The summed E-state index contributed by atoms with van der Waals surface area (Å²) in [6.07, 6.45) is 4.56. The predicted molar refractivity (Wildman–Crippen MR) is 107 cm³/mol. The lowest BCUT2D eigenvalue weighted by molar-refractivity contribution is -0.129. The molecule has 0 saturated carbocycles. The Morgan fingerprint density at radius 3 is 3.04 bits per heavy atom. The highest BCUT2D eigenvalue weighted by Gasteiger charge is 2.25. The standard InChI is InChI=1S/C20H29N5O/c1-4-18(26)25-11-9-16(13-25)24-20(21-3)22-10-8-15-12-23-17-7-5-6-14(2)19(15)17/h5-7,12,16,23H,4,8-11,13H2,1-3H3,(H2,21,22,24). The van der Waals surface area contributed by atoms with Gasteiger partial charge >= 0.3 is 0 Å². The molecule has 1 aromatic heterocycles. The number of carbonyl (C=O) groups excluding carboxylic acids is 1. The van der Waals surface area contributed by atoms with Gasteiger partial charge in [-0.15, -0.1) is 0 Å². The molecule has 1 aliphatic heterocycles. The first-order valence-corrected chi connectivity index (χ1v) is 9.43. The molecule has 3 N–H and O–H groups in total. The van der Waals surface area contributed by atoms with Gasteiger partial charge in [0.05, 0.1) is 0 Å². The fourth-order valence-electron chi connectivity index (χ4n) is 3.68. The van der Waals surface area contributed by atoms with Crippen molar-refractivity contribution >= 4 is 22.8 Å². The lowest BCUT2D eigenvalue weighted by Gasteiger charge is -2.18. The van der Waals surface area contributed by atoms with Crippen LogP contribution >= 0.6 is 0 Å². The van der Waals surface area contributed by atoms with E-state index in [-0.39, 0.29) is 11.9 Å². The van der Waals surface area contributed by atoms with Gasteiger partial charge in [-0.2, -0.15) is 0 Å². The maximum Gasteiger partial charge on any atom is 0.222 e. The van der Waals surface area contributed by atoms with E-state index >= 15 is 0 Å². The molecule has 1 saturated heterocycles. The number of fused-ring (bicyclic) bond motifs is 1. The van der Waals surface area contributed by atoms with Gasteiger partial charge in [0.25, 0.3) is 0 Å². The molecular formula is C20H29N5O. The summed E-state index contributed by atoms with van der Waals surface area (Å²) < 4.78 is 0. The summed E-state index contributed by atoms with van der Waals surface area (Å²) in [6.45, 7) is 6.46. The van der Waals surface area contributed by atoms with Crippen LogP contribution in [0.5, 0.6) is 0 Å². The molecule has 1 aliphatic rings. The number of aromatic nitrogens is 1. The quantitative estimate of drug-likeness (QED) is 0.569. The number of rotatable bonds is 5. The van der Waals surface area contributed by atoms with Crippen LogP contribution in [0.4, 0.5) is 0 Å². The number of nitrogens with zero attached hydrogens (tertiary/aromatic N) is 2. The Bertz CT molecular complexity index is 795. The summed E-state index contributed by atoms with van der Waals surface area (Å²) in [4.78, 5) is 21.4. The molecule has 2 heterocycles. The highest BCUT2D eigenvalue weighted by atomic mass is 16.2. The third kappa shape index (κ3) is 4.00. The highest BCUT2D eigenvalue weighted by Crippen LogP contribution is 2.22. The van der Waals surface area contributed by atoms with Gasteiger partial charge in [-0.3, -0.25) is 9.79 Å². The Morgan fingerprint density at radius 2 is 2.27 bits per heavy atom. The van der Waals surface area contributed by atoms with Gasteiger partial charge < -0.3 is 20.5 Å². The van der Waals surface area contributed by atoms with Crippen molar-refractivity contribution in [1.82, 2.24) is 20.5 Å². The minimum Gasteiger partial charge on any atom is -0.361 e. The van der Waals surface area contributed by atoms with E-state index in [0.717, 1.165) is 38.4 Å². The van der Waals surface area contributed by atoms with E-state index in [9.17, 15) is 4.79 Å². The number of guanidine groups is 1. The molecule has 140 valence electrons. The van der Waals surface area contributed by atoms with Crippen LogP contribution in [0.3, 0.4) is 0 Å². The van der Waals surface area contributed by atoms with E-state index in [1.165, 1.54) is 22.0 Å². The monoisotopic (exact) mass is 355 g/mol. The smallest absolute Gasteiger partial charge is 0.222 e. The SMILES string of the molecule is CCC(=O)N1CCC(NC(=NC)NCCc2c[nH]c3cccc(C)c23)C1. The molecule has 2 aromatic rings. The molecule has 1 unspecified atom stereocenters. The lowest BCUT2D eigenvalue weighted by Crippen LogP contribution is -2.45. The summed E-state index contributed by atoms with van der Waals surface area (Å²) in [5, 5.41) is 8.16. The number of hydrogen-bond acceptors (Lipinski definition) is 2. The Balaban J connectivity index is 1.51. The van der Waals surface area contributed by atoms with Gasteiger partial charge in [0.15, 0.2) is 5.96 Å². The molecule has 1 fully saturated rings. The Labute approximate surface area is 155 Å². The number of aryl methyl sites for hydroxylation is 1. The van der Waals surface area contributed by atoms with E-state index in [1.54, 1.807) is 7.05 Å². The number of likely N-dealkylation sites (tertiary alicyclic amines) is 1. The van der Waals surface area contributed by atoms with Crippen LogP contribution in [0.25, 0.3) is 10.9 Å². The molecule has 0 radical (unpaired) electrons. The molecule has 6 nitrogen and oxygen atoms in total. The molecule has 1 atom stereocenters. The van der Waals surface area contributed by atoms with Crippen molar-refractivity contribution in [3.05, 3.63) is 35.5 Å². The maximum atomic E-state index is 11.8. The van der Waals surface area contributed by atoms with Crippen LogP contribution in [0.15, 0.2) is 29.4 Å².